The molecule has 0 radical (unpaired) electrons. The molecule has 0 amide bonds. The first-order valence-electron chi connectivity index (χ1n) is 11.3. The fraction of sp³-hybridized carbons (Fsp3) is 0.333. The normalized spacial score (nSPS) is 14.1. The Bertz CT molecular complexity index is 1020. The van der Waals surface area contributed by atoms with Gasteiger partial charge in [-0.2, -0.15) is 0 Å². The van der Waals surface area contributed by atoms with Gasteiger partial charge >= 0.3 is 0 Å². The monoisotopic (exact) mass is 450 g/mol. The number of rotatable bonds is 10. The molecule has 3 rings (SSSR count). The minimum absolute atomic E-state index is 0.434. The maximum absolute atomic E-state index is 14.7. The highest BCUT2D eigenvalue weighted by molar-refractivity contribution is 7.67. The largest absolute Gasteiger partial charge is 0.378 e. The molecule has 0 aliphatic heterocycles. The second-order valence-electron chi connectivity index (χ2n) is 8.58. The van der Waals surface area contributed by atoms with Crippen LogP contribution in [0.4, 0.5) is 11.4 Å². The first-order chi connectivity index (χ1) is 15.3. The van der Waals surface area contributed by atoms with Crippen molar-refractivity contribution in [3.63, 3.8) is 0 Å². The lowest BCUT2D eigenvalue weighted by Crippen LogP contribution is -2.21. The van der Waals surface area contributed by atoms with E-state index in [0.717, 1.165) is 28.7 Å². The van der Waals surface area contributed by atoms with Gasteiger partial charge in [0.1, 0.15) is 5.78 Å². The molecule has 0 heterocycles. The van der Waals surface area contributed by atoms with Crippen LogP contribution >= 0.6 is 7.37 Å². The van der Waals surface area contributed by atoms with Gasteiger partial charge < -0.3 is 14.7 Å². The molecule has 0 saturated carbocycles. The van der Waals surface area contributed by atoms with Gasteiger partial charge in [-0.25, -0.2) is 0 Å². The second kappa shape index (κ2) is 10.8. The minimum atomic E-state index is -3.30. The van der Waals surface area contributed by atoms with Crippen LogP contribution in [0.25, 0.3) is 0 Å². The fourth-order valence-electron chi connectivity index (χ4n) is 3.60. The standard InChI is InChI=1S/C27H35N2O2P/c1-6-20-31-32(30,26-18-16-25(17-19-26)29(4)5)27(28-24-10-8-7-9-11-24)23-14-12-22(13-15-23)21(2)3/h7-19,21,27-28H,6,20H2,1-5H3/t27-,32+/m0/s1. The van der Waals surface area contributed by atoms with Gasteiger partial charge in [0.15, 0.2) is 0 Å². The SMILES string of the molecule is CCCO[P@](=O)(c1ccc(N(C)C)cc1)[C@H](Nc1ccccc1)c1ccc(C(C)C)cc1. The molecule has 0 spiro atoms. The van der Waals surface area contributed by atoms with Gasteiger partial charge in [0.2, 0.25) is 0 Å². The van der Waals surface area contributed by atoms with E-state index in [1.165, 1.54) is 5.56 Å². The molecule has 2 atom stereocenters. The van der Waals surface area contributed by atoms with E-state index < -0.39 is 13.2 Å². The summed E-state index contributed by atoms with van der Waals surface area (Å²) in [6, 6.07) is 26.2. The van der Waals surface area contributed by atoms with Gasteiger partial charge in [0.25, 0.3) is 7.37 Å². The number of nitrogens with one attached hydrogen (secondary N) is 1. The molecule has 5 heteroatoms. The Morgan fingerprint density at radius 2 is 1.47 bits per heavy atom. The molecule has 1 N–H and O–H groups in total. The first-order valence-corrected chi connectivity index (χ1v) is 13.0. The highest BCUT2D eigenvalue weighted by Gasteiger charge is 2.38. The van der Waals surface area contributed by atoms with Gasteiger partial charge in [0, 0.05) is 30.8 Å². The predicted molar refractivity (Wildman–Crippen MR) is 138 cm³/mol. The molecule has 0 aromatic heterocycles. The molecule has 0 fully saturated rings. The molecule has 32 heavy (non-hydrogen) atoms. The molecular formula is C27H35N2O2P. The summed E-state index contributed by atoms with van der Waals surface area (Å²) in [5.41, 5.74) is 4.18. The number of para-hydroxylation sites is 1. The van der Waals surface area contributed by atoms with E-state index >= 15 is 0 Å². The van der Waals surface area contributed by atoms with E-state index in [9.17, 15) is 4.57 Å². The third-order valence-corrected chi connectivity index (χ3v) is 8.24. The number of hydrogen-bond acceptors (Lipinski definition) is 4. The average molecular weight is 451 g/mol. The van der Waals surface area contributed by atoms with Gasteiger partial charge in [0.05, 0.1) is 6.61 Å². The molecule has 0 aliphatic rings. The number of hydrogen-bond donors (Lipinski definition) is 1. The van der Waals surface area contributed by atoms with Gasteiger partial charge in [-0.1, -0.05) is 63.2 Å². The fourth-order valence-corrected chi connectivity index (χ4v) is 6.10. The zero-order valence-corrected chi connectivity index (χ0v) is 20.7. The summed E-state index contributed by atoms with van der Waals surface area (Å²) in [6.45, 7) is 6.83. The van der Waals surface area contributed by atoms with E-state index in [0.29, 0.717) is 12.5 Å². The maximum atomic E-state index is 14.7. The van der Waals surface area contributed by atoms with Crippen LogP contribution in [0.1, 0.15) is 50.0 Å². The van der Waals surface area contributed by atoms with Crippen LogP contribution < -0.4 is 15.5 Å². The summed E-state index contributed by atoms with van der Waals surface area (Å²) in [5, 5.41) is 4.25. The molecule has 0 aliphatic carbocycles. The molecule has 0 unspecified atom stereocenters. The Kier molecular flexibility index (Phi) is 8.17. The summed E-state index contributed by atoms with van der Waals surface area (Å²) < 4.78 is 20.9. The summed E-state index contributed by atoms with van der Waals surface area (Å²) in [4.78, 5) is 2.03. The Hall–Kier alpha value is -2.55. The van der Waals surface area contributed by atoms with Crippen LogP contribution in [0.3, 0.4) is 0 Å². The van der Waals surface area contributed by atoms with Crippen molar-refractivity contribution >= 4 is 24.0 Å². The van der Waals surface area contributed by atoms with Crippen molar-refractivity contribution < 1.29 is 9.09 Å². The van der Waals surface area contributed by atoms with Crippen molar-refractivity contribution in [3.8, 4) is 0 Å². The molecule has 3 aromatic carbocycles. The lowest BCUT2D eigenvalue weighted by atomic mass is 10.0. The van der Waals surface area contributed by atoms with Gasteiger partial charge in [-0.15, -0.1) is 0 Å². The molecule has 4 nitrogen and oxygen atoms in total. The highest BCUT2D eigenvalue weighted by atomic mass is 31.2. The van der Waals surface area contributed by atoms with Gasteiger partial charge in [-0.3, -0.25) is 4.57 Å². The van der Waals surface area contributed by atoms with E-state index in [-0.39, 0.29) is 0 Å². The summed E-state index contributed by atoms with van der Waals surface area (Å²) >= 11 is 0. The Balaban J connectivity index is 2.10. The molecular weight excluding hydrogens is 415 g/mol. The quantitative estimate of drug-likeness (QED) is 0.337. The Morgan fingerprint density at radius 3 is 2.00 bits per heavy atom. The first kappa shape index (κ1) is 24.1. The molecule has 0 bridgehead atoms. The van der Waals surface area contributed by atoms with Crippen molar-refractivity contribution in [2.75, 3.05) is 30.9 Å². The van der Waals surface area contributed by atoms with Crippen molar-refractivity contribution in [2.45, 2.75) is 38.9 Å². The molecule has 0 saturated heterocycles. The number of anilines is 2. The van der Waals surface area contributed by atoms with Gasteiger partial charge in [-0.05, 0) is 59.9 Å². The average Bonchev–Trinajstić information content (AvgIpc) is 2.82. The maximum Gasteiger partial charge on any atom is 0.258 e. The second-order valence-corrected chi connectivity index (χ2v) is 11.1. The Labute approximate surface area is 193 Å². The van der Waals surface area contributed by atoms with E-state index in [2.05, 4.69) is 43.4 Å². The number of benzene rings is 3. The smallest absolute Gasteiger partial charge is 0.258 e. The van der Waals surface area contributed by atoms with E-state index in [1.807, 2.05) is 80.5 Å². The van der Waals surface area contributed by atoms with Crippen molar-refractivity contribution in [1.82, 2.24) is 0 Å². The molecule has 3 aromatic rings. The van der Waals surface area contributed by atoms with E-state index in [1.54, 1.807) is 0 Å². The van der Waals surface area contributed by atoms with E-state index in [4.69, 9.17) is 4.52 Å². The van der Waals surface area contributed by atoms with Crippen molar-refractivity contribution in [2.24, 2.45) is 0 Å². The van der Waals surface area contributed by atoms with Crippen LogP contribution in [0.15, 0.2) is 78.9 Å². The van der Waals surface area contributed by atoms with Crippen LogP contribution in [0.5, 0.6) is 0 Å². The zero-order chi connectivity index (χ0) is 23.1. The lowest BCUT2D eigenvalue weighted by Gasteiger charge is -2.30. The highest BCUT2D eigenvalue weighted by Crippen LogP contribution is 2.59. The van der Waals surface area contributed by atoms with Crippen molar-refractivity contribution in [3.05, 3.63) is 90.0 Å². The Morgan fingerprint density at radius 1 is 0.875 bits per heavy atom. The number of nitrogens with zero attached hydrogens (tertiary/aromatic N) is 1. The minimum Gasteiger partial charge on any atom is -0.378 e. The lowest BCUT2D eigenvalue weighted by molar-refractivity contribution is 0.315. The third kappa shape index (κ3) is 5.62. The van der Waals surface area contributed by atoms with Crippen LogP contribution in [0.2, 0.25) is 0 Å². The summed E-state index contributed by atoms with van der Waals surface area (Å²) in [5.74, 6) is -0.0609. The van der Waals surface area contributed by atoms with Crippen LogP contribution in [0, 0.1) is 0 Å². The predicted octanol–water partition coefficient (Wildman–Crippen LogP) is 7.02. The zero-order valence-electron chi connectivity index (χ0n) is 19.8. The topological polar surface area (TPSA) is 41.6 Å². The summed E-state index contributed by atoms with van der Waals surface area (Å²) in [6.07, 6.45) is 0.796. The van der Waals surface area contributed by atoms with Crippen molar-refractivity contribution in [1.29, 1.82) is 0 Å². The van der Waals surface area contributed by atoms with Crippen LogP contribution in [-0.4, -0.2) is 20.7 Å². The van der Waals surface area contributed by atoms with Crippen LogP contribution in [-0.2, 0) is 9.09 Å². The third-order valence-electron chi connectivity index (χ3n) is 5.55. The molecule has 170 valence electrons. The summed E-state index contributed by atoms with van der Waals surface area (Å²) in [7, 11) is 0.692.